The number of aliphatic hydroxyl groups excluding tert-OH is 1. The van der Waals surface area contributed by atoms with Crippen LogP contribution in [0.25, 0.3) is 5.76 Å². The molecule has 1 N–H and O–H groups in total. The maximum atomic E-state index is 13.1. The van der Waals surface area contributed by atoms with Gasteiger partial charge in [0.2, 0.25) is 0 Å². The Kier molecular flexibility index (Phi) is 5.38. The molecule has 2 fully saturated rings. The van der Waals surface area contributed by atoms with Crippen LogP contribution in [0.5, 0.6) is 0 Å². The molecule has 1 aliphatic heterocycles. The standard InChI is InChI=1S/C23H24BrNO4/c1-13-12-15(9-10-17(13)24)21(26)19-20(18-11-8-14(2)29-18)25(23(28)22(19)27)16-6-4-3-5-7-16/h8-12,16,20,26H,3-7H2,1-2H3/b21-19-. The van der Waals surface area contributed by atoms with Crippen LogP contribution in [0.4, 0.5) is 0 Å². The van der Waals surface area contributed by atoms with Crippen molar-refractivity contribution < 1.29 is 19.1 Å². The summed E-state index contributed by atoms with van der Waals surface area (Å²) < 4.78 is 6.76. The minimum atomic E-state index is -0.698. The number of hydrogen-bond acceptors (Lipinski definition) is 4. The van der Waals surface area contributed by atoms with Gasteiger partial charge in [0, 0.05) is 16.1 Å². The molecule has 1 saturated heterocycles. The second-order valence-corrected chi connectivity index (χ2v) is 8.76. The smallest absolute Gasteiger partial charge is 0.296 e. The quantitative estimate of drug-likeness (QED) is 0.379. The van der Waals surface area contributed by atoms with Crippen LogP contribution in [-0.4, -0.2) is 27.7 Å². The summed E-state index contributed by atoms with van der Waals surface area (Å²) in [5, 5.41) is 11.1. The minimum Gasteiger partial charge on any atom is -0.507 e. The number of aliphatic hydroxyl groups is 1. The van der Waals surface area contributed by atoms with Crippen molar-refractivity contribution in [2.45, 2.75) is 58.0 Å². The van der Waals surface area contributed by atoms with E-state index < -0.39 is 17.7 Å². The summed E-state index contributed by atoms with van der Waals surface area (Å²) in [6.45, 7) is 3.74. The van der Waals surface area contributed by atoms with Crippen LogP contribution >= 0.6 is 15.9 Å². The lowest BCUT2D eigenvalue weighted by Gasteiger charge is -2.34. The molecule has 0 spiro atoms. The first-order chi connectivity index (χ1) is 13.9. The first-order valence-electron chi connectivity index (χ1n) is 10.0. The lowest BCUT2D eigenvalue weighted by atomic mass is 9.92. The van der Waals surface area contributed by atoms with Gasteiger partial charge in [-0.15, -0.1) is 0 Å². The summed E-state index contributed by atoms with van der Waals surface area (Å²) in [5.74, 6) is -0.133. The summed E-state index contributed by atoms with van der Waals surface area (Å²) >= 11 is 3.45. The van der Waals surface area contributed by atoms with E-state index in [0.717, 1.165) is 42.1 Å². The van der Waals surface area contributed by atoms with Gasteiger partial charge in [0.05, 0.1) is 5.57 Å². The average Bonchev–Trinajstić information content (AvgIpc) is 3.25. The Morgan fingerprint density at radius 1 is 1.10 bits per heavy atom. The summed E-state index contributed by atoms with van der Waals surface area (Å²) in [7, 11) is 0. The molecule has 1 atom stereocenters. The van der Waals surface area contributed by atoms with Crippen LogP contribution in [0.2, 0.25) is 0 Å². The SMILES string of the molecule is Cc1ccc(C2/C(=C(/O)c3ccc(Br)c(C)c3)C(=O)C(=O)N2C2CCCCC2)o1. The average molecular weight is 458 g/mol. The van der Waals surface area contributed by atoms with Crippen LogP contribution in [0.15, 0.2) is 44.8 Å². The molecular weight excluding hydrogens is 434 g/mol. The number of aryl methyl sites for hydroxylation is 2. The van der Waals surface area contributed by atoms with E-state index in [2.05, 4.69) is 15.9 Å². The molecule has 152 valence electrons. The zero-order chi connectivity index (χ0) is 20.7. The van der Waals surface area contributed by atoms with Gasteiger partial charge in [-0.2, -0.15) is 0 Å². The zero-order valence-corrected chi connectivity index (χ0v) is 18.2. The Morgan fingerprint density at radius 2 is 1.83 bits per heavy atom. The van der Waals surface area contributed by atoms with E-state index >= 15 is 0 Å². The number of nitrogens with zero attached hydrogens (tertiary/aromatic N) is 1. The predicted octanol–water partition coefficient (Wildman–Crippen LogP) is 5.41. The van der Waals surface area contributed by atoms with Crippen molar-refractivity contribution in [3.05, 3.63) is 63.0 Å². The number of rotatable bonds is 3. The molecule has 1 aromatic heterocycles. The van der Waals surface area contributed by atoms with Gasteiger partial charge in [-0.1, -0.05) is 41.3 Å². The topological polar surface area (TPSA) is 70.8 Å². The van der Waals surface area contributed by atoms with Gasteiger partial charge in [0.15, 0.2) is 0 Å². The van der Waals surface area contributed by atoms with Gasteiger partial charge in [-0.25, -0.2) is 0 Å². The Hall–Kier alpha value is -2.34. The second kappa shape index (κ2) is 7.82. The molecule has 5 nitrogen and oxygen atoms in total. The van der Waals surface area contributed by atoms with Crippen molar-refractivity contribution in [1.29, 1.82) is 0 Å². The van der Waals surface area contributed by atoms with Crippen molar-refractivity contribution in [1.82, 2.24) is 4.90 Å². The maximum Gasteiger partial charge on any atom is 0.296 e. The summed E-state index contributed by atoms with van der Waals surface area (Å²) in [5.41, 5.74) is 1.55. The first kappa shape index (κ1) is 20.0. The number of carbonyl (C=O) groups is 2. The molecule has 0 radical (unpaired) electrons. The van der Waals surface area contributed by atoms with Gasteiger partial charge < -0.3 is 14.4 Å². The largest absolute Gasteiger partial charge is 0.507 e. The number of Topliss-reactive ketones (excluding diaryl/α,β-unsaturated/α-hetero) is 1. The summed E-state index contributed by atoms with van der Waals surface area (Å²) in [6.07, 6.45) is 4.93. The molecular formula is C23H24BrNO4. The molecule has 1 aromatic carbocycles. The number of carbonyl (C=O) groups excluding carboxylic acids is 2. The highest BCUT2D eigenvalue weighted by molar-refractivity contribution is 9.10. The second-order valence-electron chi connectivity index (χ2n) is 7.91. The van der Waals surface area contributed by atoms with Gasteiger partial charge in [0.25, 0.3) is 11.7 Å². The molecule has 2 aromatic rings. The van der Waals surface area contributed by atoms with Gasteiger partial charge in [-0.3, -0.25) is 9.59 Å². The van der Waals surface area contributed by atoms with Gasteiger partial charge in [-0.05, 0) is 56.5 Å². The number of likely N-dealkylation sites (tertiary alicyclic amines) is 1. The molecule has 1 aliphatic carbocycles. The summed E-state index contributed by atoms with van der Waals surface area (Å²) in [4.78, 5) is 27.7. The molecule has 1 amide bonds. The van der Waals surface area contributed by atoms with Crippen LogP contribution in [0, 0.1) is 13.8 Å². The van der Waals surface area contributed by atoms with Crippen LogP contribution in [-0.2, 0) is 9.59 Å². The highest BCUT2D eigenvalue weighted by Gasteiger charge is 2.50. The highest BCUT2D eigenvalue weighted by Crippen LogP contribution is 2.43. The third kappa shape index (κ3) is 3.54. The third-order valence-corrected chi connectivity index (χ3v) is 6.80. The lowest BCUT2D eigenvalue weighted by molar-refractivity contribution is -0.142. The Balaban J connectivity index is 1.87. The fraction of sp³-hybridized carbons (Fsp3) is 0.391. The molecule has 1 saturated carbocycles. The third-order valence-electron chi connectivity index (χ3n) is 5.91. The zero-order valence-electron chi connectivity index (χ0n) is 16.6. The van der Waals surface area contributed by atoms with E-state index in [-0.39, 0.29) is 17.4 Å². The van der Waals surface area contributed by atoms with E-state index in [0.29, 0.717) is 17.1 Å². The van der Waals surface area contributed by atoms with Crippen LogP contribution < -0.4 is 0 Å². The number of benzene rings is 1. The maximum absolute atomic E-state index is 13.1. The molecule has 4 rings (SSSR count). The van der Waals surface area contributed by atoms with Crippen LogP contribution in [0.3, 0.4) is 0 Å². The van der Waals surface area contributed by atoms with Gasteiger partial charge in [0.1, 0.15) is 23.3 Å². The van der Waals surface area contributed by atoms with E-state index in [1.807, 2.05) is 26.0 Å². The minimum absolute atomic E-state index is 0.0208. The molecule has 29 heavy (non-hydrogen) atoms. The van der Waals surface area contributed by atoms with Crippen molar-refractivity contribution in [3.63, 3.8) is 0 Å². The van der Waals surface area contributed by atoms with E-state index in [9.17, 15) is 14.7 Å². The molecule has 2 aliphatic rings. The van der Waals surface area contributed by atoms with E-state index in [1.165, 1.54) is 0 Å². The van der Waals surface area contributed by atoms with E-state index in [4.69, 9.17) is 4.42 Å². The van der Waals surface area contributed by atoms with Crippen LogP contribution in [0.1, 0.15) is 60.8 Å². The predicted molar refractivity (Wildman–Crippen MR) is 113 cm³/mol. The first-order valence-corrected chi connectivity index (χ1v) is 10.8. The van der Waals surface area contributed by atoms with Crippen molar-refractivity contribution >= 4 is 33.4 Å². The number of ketones is 1. The number of furan rings is 1. The van der Waals surface area contributed by atoms with Gasteiger partial charge >= 0.3 is 0 Å². The number of halogens is 1. The van der Waals surface area contributed by atoms with Crippen molar-refractivity contribution in [2.75, 3.05) is 0 Å². The number of amides is 1. The fourth-order valence-corrected chi connectivity index (χ4v) is 4.66. The highest BCUT2D eigenvalue weighted by atomic mass is 79.9. The lowest BCUT2D eigenvalue weighted by Crippen LogP contribution is -2.40. The Bertz CT molecular complexity index is 1000. The van der Waals surface area contributed by atoms with Crippen molar-refractivity contribution in [2.24, 2.45) is 0 Å². The normalized spacial score (nSPS) is 22.4. The molecule has 2 heterocycles. The Morgan fingerprint density at radius 3 is 2.45 bits per heavy atom. The Labute approximate surface area is 178 Å². The molecule has 0 bridgehead atoms. The summed E-state index contributed by atoms with van der Waals surface area (Å²) in [6, 6.07) is 8.27. The van der Waals surface area contributed by atoms with E-state index in [1.54, 1.807) is 23.1 Å². The van der Waals surface area contributed by atoms with Crippen molar-refractivity contribution in [3.8, 4) is 0 Å². The number of hydrogen-bond donors (Lipinski definition) is 1. The molecule has 1 unspecified atom stereocenters. The molecule has 6 heteroatoms. The monoisotopic (exact) mass is 457 g/mol. The fourth-order valence-electron chi connectivity index (χ4n) is 4.41.